The normalized spacial score (nSPS) is 10.9. The first-order valence-electron chi connectivity index (χ1n) is 10.8. The van der Waals surface area contributed by atoms with E-state index in [-0.39, 0.29) is 11.7 Å². The summed E-state index contributed by atoms with van der Waals surface area (Å²) in [5, 5.41) is 12.3. The summed E-state index contributed by atoms with van der Waals surface area (Å²) in [7, 11) is 3.28. The van der Waals surface area contributed by atoms with Crippen LogP contribution < -0.4 is 10.1 Å². The number of thioether (sulfide) groups is 1. The molecule has 0 spiro atoms. The van der Waals surface area contributed by atoms with Gasteiger partial charge in [-0.1, -0.05) is 42.1 Å². The van der Waals surface area contributed by atoms with Crippen LogP contribution in [0.5, 0.6) is 5.75 Å². The topological polar surface area (TPSA) is 78.3 Å². The summed E-state index contributed by atoms with van der Waals surface area (Å²) in [6, 6.07) is 14.1. The lowest BCUT2D eigenvalue weighted by Crippen LogP contribution is -2.23. The van der Waals surface area contributed by atoms with Crippen molar-refractivity contribution in [3.8, 4) is 5.75 Å². The number of carbonyl (C=O) groups is 1. The average Bonchev–Trinajstić information content (AvgIpc) is 3.22. The molecular weight excluding hydrogens is 443 g/mol. The van der Waals surface area contributed by atoms with Crippen molar-refractivity contribution < 1.29 is 18.7 Å². The lowest BCUT2D eigenvalue weighted by molar-refractivity contribution is -0.121. The van der Waals surface area contributed by atoms with Crippen molar-refractivity contribution in [1.29, 1.82) is 0 Å². The van der Waals surface area contributed by atoms with Crippen LogP contribution in [0, 0.1) is 5.82 Å². The molecular formula is C24H29FN4O3S. The first kappa shape index (κ1) is 24.7. The lowest BCUT2D eigenvalue weighted by atomic mass is 10.2. The third kappa shape index (κ3) is 7.57. The minimum atomic E-state index is -0.255. The fourth-order valence-corrected chi connectivity index (χ4v) is 4.26. The molecule has 0 aliphatic carbocycles. The van der Waals surface area contributed by atoms with Gasteiger partial charge in [0.1, 0.15) is 17.4 Å². The van der Waals surface area contributed by atoms with E-state index in [1.165, 1.54) is 23.9 Å². The molecule has 1 aromatic heterocycles. The van der Waals surface area contributed by atoms with Gasteiger partial charge < -0.3 is 19.4 Å². The van der Waals surface area contributed by atoms with Crippen molar-refractivity contribution in [2.24, 2.45) is 0 Å². The highest BCUT2D eigenvalue weighted by atomic mass is 32.2. The van der Waals surface area contributed by atoms with E-state index >= 15 is 0 Å². The second-order valence-corrected chi connectivity index (χ2v) is 8.35. The third-order valence-electron chi connectivity index (χ3n) is 5.02. The largest absolute Gasteiger partial charge is 0.496 e. The van der Waals surface area contributed by atoms with Crippen LogP contribution in [0.3, 0.4) is 0 Å². The predicted octanol–water partition coefficient (Wildman–Crippen LogP) is 4.00. The zero-order chi connectivity index (χ0) is 23.5. The van der Waals surface area contributed by atoms with Crippen molar-refractivity contribution in [3.63, 3.8) is 0 Å². The third-order valence-corrected chi connectivity index (χ3v) is 6.06. The maximum Gasteiger partial charge on any atom is 0.220 e. The van der Waals surface area contributed by atoms with E-state index in [0.717, 1.165) is 34.3 Å². The average molecular weight is 473 g/mol. The number of benzene rings is 2. The van der Waals surface area contributed by atoms with E-state index in [0.29, 0.717) is 38.3 Å². The molecule has 33 heavy (non-hydrogen) atoms. The Kier molecular flexibility index (Phi) is 9.71. The van der Waals surface area contributed by atoms with Gasteiger partial charge in [-0.25, -0.2) is 4.39 Å². The molecule has 0 atom stereocenters. The molecule has 2 aromatic carbocycles. The molecule has 1 heterocycles. The van der Waals surface area contributed by atoms with E-state index in [1.54, 1.807) is 20.3 Å². The van der Waals surface area contributed by atoms with Crippen LogP contribution in [0.25, 0.3) is 0 Å². The fourth-order valence-electron chi connectivity index (χ4n) is 3.33. The van der Waals surface area contributed by atoms with E-state index in [4.69, 9.17) is 9.47 Å². The van der Waals surface area contributed by atoms with Gasteiger partial charge in [0, 0.05) is 51.0 Å². The van der Waals surface area contributed by atoms with Crippen LogP contribution in [-0.4, -0.2) is 41.5 Å². The van der Waals surface area contributed by atoms with Gasteiger partial charge in [0.2, 0.25) is 5.91 Å². The molecule has 0 aliphatic heterocycles. The van der Waals surface area contributed by atoms with Crippen molar-refractivity contribution in [1.82, 2.24) is 20.1 Å². The molecule has 9 heteroatoms. The molecule has 0 radical (unpaired) electrons. The van der Waals surface area contributed by atoms with Gasteiger partial charge >= 0.3 is 0 Å². The molecule has 0 saturated heterocycles. The van der Waals surface area contributed by atoms with Crippen molar-refractivity contribution in [3.05, 3.63) is 71.3 Å². The standard InChI is InChI=1S/C24H29FN4O3S/c1-31-14-6-13-29-22(27-28-24(29)33-17-18-7-5-9-20(25)15-18)11-12-23(30)26-16-19-8-3-4-10-21(19)32-2/h3-5,7-10,15H,6,11-14,16-17H2,1-2H3,(H,26,30). The molecule has 0 aliphatic rings. The molecule has 1 N–H and O–H groups in total. The first-order chi connectivity index (χ1) is 16.1. The van der Waals surface area contributed by atoms with Gasteiger partial charge in [-0.3, -0.25) is 4.79 Å². The van der Waals surface area contributed by atoms with Gasteiger partial charge in [0.25, 0.3) is 0 Å². The monoisotopic (exact) mass is 472 g/mol. The smallest absolute Gasteiger partial charge is 0.220 e. The van der Waals surface area contributed by atoms with E-state index in [9.17, 15) is 9.18 Å². The van der Waals surface area contributed by atoms with Gasteiger partial charge in [0.15, 0.2) is 5.16 Å². The Bertz CT molecular complexity index is 1040. The Morgan fingerprint density at radius 2 is 2.00 bits per heavy atom. The molecule has 0 unspecified atom stereocenters. The first-order valence-corrected chi connectivity index (χ1v) is 11.8. The van der Waals surface area contributed by atoms with Gasteiger partial charge in [0.05, 0.1) is 7.11 Å². The Balaban J connectivity index is 1.59. The summed E-state index contributed by atoms with van der Waals surface area (Å²) in [5.74, 6) is 1.76. The number of nitrogens with one attached hydrogen (secondary N) is 1. The van der Waals surface area contributed by atoms with Crippen LogP contribution in [0.2, 0.25) is 0 Å². The number of methoxy groups -OCH3 is 2. The maximum absolute atomic E-state index is 13.5. The van der Waals surface area contributed by atoms with Crippen molar-refractivity contribution in [2.75, 3.05) is 20.8 Å². The number of halogens is 1. The Morgan fingerprint density at radius 3 is 2.79 bits per heavy atom. The van der Waals surface area contributed by atoms with Crippen LogP contribution in [0.15, 0.2) is 53.7 Å². The van der Waals surface area contributed by atoms with E-state index in [2.05, 4.69) is 15.5 Å². The van der Waals surface area contributed by atoms with Crippen LogP contribution in [0.4, 0.5) is 4.39 Å². The molecule has 0 fully saturated rings. The molecule has 0 bridgehead atoms. The summed E-state index contributed by atoms with van der Waals surface area (Å²) in [6.45, 7) is 1.70. The number of amides is 1. The highest BCUT2D eigenvalue weighted by Crippen LogP contribution is 2.23. The SMILES string of the molecule is COCCCn1c(CCC(=O)NCc2ccccc2OC)nnc1SCc1cccc(F)c1. The number of carbonyl (C=O) groups excluding carboxylic acids is 1. The number of hydrogen-bond donors (Lipinski definition) is 1. The van der Waals surface area contributed by atoms with Crippen molar-refractivity contribution in [2.45, 2.75) is 43.3 Å². The number of aryl methyl sites for hydroxylation is 1. The lowest BCUT2D eigenvalue weighted by Gasteiger charge is -2.11. The quantitative estimate of drug-likeness (QED) is 0.299. The van der Waals surface area contributed by atoms with Gasteiger partial charge in [-0.2, -0.15) is 0 Å². The minimum Gasteiger partial charge on any atom is -0.496 e. The van der Waals surface area contributed by atoms with Gasteiger partial charge in [-0.05, 0) is 30.2 Å². The summed E-state index contributed by atoms with van der Waals surface area (Å²) in [5.41, 5.74) is 1.80. The second kappa shape index (κ2) is 13.0. The molecule has 176 valence electrons. The fraction of sp³-hybridized carbons (Fsp3) is 0.375. The van der Waals surface area contributed by atoms with E-state index < -0.39 is 0 Å². The van der Waals surface area contributed by atoms with Crippen molar-refractivity contribution >= 4 is 17.7 Å². The molecule has 7 nitrogen and oxygen atoms in total. The number of rotatable bonds is 13. The maximum atomic E-state index is 13.5. The van der Waals surface area contributed by atoms with E-state index in [1.807, 2.05) is 34.9 Å². The summed E-state index contributed by atoms with van der Waals surface area (Å²) in [6.07, 6.45) is 1.57. The summed E-state index contributed by atoms with van der Waals surface area (Å²) < 4.78 is 26.0. The number of ether oxygens (including phenoxy) is 2. The highest BCUT2D eigenvalue weighted by molar-refractivity contribution is 7.98. The Hall–Kier alpha value is -2.91. The zero-order valence-corrected chi connectivity index (χ0v) is 19.7. The molecule has 3 rings (SSSR count). The predicted molar refractivity (Wildman–Crippen MR) is 126 cm³/mol. The summed E-state index contributed by atoms with van der Waals surface area (Å²) in [4.78, 5) is 12.4. The molecule has 1 amide bonds. The molecule has 0 saturated carbocycles. The minimum absolute atomic E-state index is 0.0682. The summed E-state index contributed by atoms with van der Waals surface area (Å²) >= 11 is 1.50. The number of hydrogen-bond acceptors (Lipinski definition) is 6. The highest BCUT2D eigenvalue weighted by Gasteiger charge is 2.15. The number of aromatic nitrogens is 3. The van der Waals surface area contributed by atoms with Crippen LogP contribution >= 0.6 is 11.8 Å². The van der Waals surface area contributed by atoms with Crippen LogP contribution in [-0.2, 0) is 34.8 Å². The number of para-hydroxylation sites is 1. The zero-order valence-electron chi connectivity index (χ0n) is 18.9. The Morgan fingerprint density at radius 1 is 1.15 bits per heavy atom. The van der Waals surface area contributed by atoms with Crippen LogP contribution in [0.1, 0.15) is 29.8 Å². The number of nitrogens with zero attached hydrogens (tertiary/aromatic N) is 3. The van der Waals surface area contributed by atoms with Gasteiger partial charge in [-0.15, -0.1) is 10.2 Å². The molecule has 3 aromatic rings. The Labute approximate surface area is 197 Å². The second-order valence-electron chi connectivity index (χ2n) is 7.40.